The third-order valence-electron chi connectivity index (χ3n) is 3.74. The number of hydrogen-bond acceptors (Lipinski definition) is 5. The number of rotatable bonds is 6. The van der Waals surface area contributed by atoms with E-state index in [1.165, 1.54) is 13.2 Å². The van der Waals surface area contributed by atoms with Gasteiger partial charge in [0.25, 0.3) is 10.0 Å². The summed E-state index contributed by atoms with van der Waals surface area (Å²) in [6.07, 6.45) is 1.58. The van der Waals surface area contributed by atoms with Crippen molar-refractivity contribution in [2.24, 2.45) is 0 Å². The molecule has 0 saturated carbocycles. The SMILES string of the molecule is COc1ccc(S(=O)(=O)Nc2ccc(Nc3ccccc3)cn2)c(C)c1. The van der Waals surface area contributed by atoms with Crippen molar-refractivity contribution in [1.82, 2.24) is 4.98 Å². The van der Waals surface area contributed by atoms with Crippen LogP contribution in [0.2, 0.25) is 0 Å². The standard InChI is InChI=1S/C19H19N3O3S/c1-14-12-17(25-2)9-10-18(14)26(23,24)22-19-11-8-16(13-20-19)21-15-6-4-3-5-7-15/h3-13,21H,1-2H3,(H,20,22). The minimum atomic E-state index is -3.73. The zero-order chi connectivity index (χ0) is 18.6. The fraction of sp³-hybridized carbons (Fsp3) is 0.105. The molecule has 0 unspecified atom stereocenters. The van der Waals surface area contributed by atoms with Gasteiger partial charge in [0.1, 0.15) is 11.6 Å². The van der Waals surface area contributed by atoms with E-state index in [9.17, 15) is 8.42 Å². The molecular formula is C19H19N3O3S. The zero-order valence-corrected chi connectivity index (χ0v) is 15.2. The molecule has 6 nitrogen and oxygen atoms in total. The molecule has 0 spiro atoms. The van der Waals surface area contributed by atoms with Gasteiger partial charge < -0.3 is 10.1 Å². The van der Waals surface area contributed by atoms with Crippen LogP contribution in [0.3, 0.4) is 0 Å². The molecule has 0 aliphatic carbocycles. The van der Waals surface area contributed by atoms with Gasteiger partial charge in [-0.3, -0.25) is 4.72 Å². The van der Waals surface area contributed by atoms with Gasteiger partial charge in [-0.05, 0) is 55.0 Å². The highest BCUT2D eigenvalue weighted by Gasteiger charge is 2.18. The number of sulfonamides is 1. The van der Waals surface area contributed by atoms with E-state index >= 15 is 0 Å². The second kappa shape index (κ2) is 7.45. The fourth-order valence-corrected chi connectivity index (χ4v) is 3.70. The lowest BCUT2D eigenvalue weighted by molar-refractivity contribution is 0.414. The molecule has 0 aliphatic heterocycles. The molecule has 0 atom stereocenters. The molecule has 3 rings (SSSR count). The quantitative estimate of drug-likeness (QED) is 0.688. The Hall–Kier alpha value is -3.06. The van der Waals surface area contributed by atoms with E-state index in [-0.39, 0.29) is 10.7 Å². The molecule has 0 radical (unpaired) electrons. The zero-order valence-electron chi connectivity index (χ0n) is 14.4. The Kier molecular flexibility index (Phi) is 5.09. The van der Waals surface area contributed by atoms with Crippen LogP contribution in [-0.2, 0) is 10.0 Å². The molecular weight excluding hydrogens is 350 g/mol. The van der Waals surface area contributed by atoms with Crippen LogP contribution in [0.5, 0.6) is 5.75 Å². The molecule has 2 aromatic carbocycles. The molecule has 0 aliphatic rings. The highest BCUT2D eigenvalue weighted by atomic mass is 32.2. The molecule has 0 amide bonds. The fourth-order valence-electron chi connectivity index (χ4n) is 2.46. The number of aromatic nitrogens is 1. The molecule has 3 aromatic rings. The van der Waals surface area contributed by atoms with E-state index < -0.39 is 10.0 Å². The smallest absolute Gasteiger partial charge is 0.263 e. The topological polar surface area (TPSA) is 80.3 Å². The second-order valence-corrected chi connectivity index (χ2v) is 7.31. The lowest BCUT2D eigenvalue weighted by atomic mass is 10.2. The molecule has 0 bridgehead atoms. The maximum absolute atomic E-state index is 12.6. The van der Waals surface area contributed by atoms with Gasteiger partial charge in [-0.15, -0.1) is 0 Å². The van der Waals surface area contributed by atoms with Crippen molar-refractivity contribution in [2.45, 2.75) is 11.8 Å². The summed E-state index contributed by atoms with van der Waals surface area (Å²) in [6.45, 7) is 1.72. The van der Waals surface area contributed by atoms with Crippen molar-refractivity contribution in [3.63, 3.8) is 0 Å². The summed E-state index contributed by atoms with van der Waals surface area (Å²) in [5.74, 6) is 0.856. The van der Waals surface area contributed by atoms with Gasteiger partial charge in [-0.1, -0.05) is 18.2 Å². The first kappa shape index (κ1) is 17.8. The number of benzene rings is 2. The number of nitrogens with one attached hydrogen (secondary N) is 2. The predicted molar refractivity (Wildman–Crippen MR) is 103 cm³/mol. The van der Waals surface area contributed by atoms with Crippen molar-refractivity contribution in [2.75, 3.05) is 17.1 Å². The molecule has 7 heteroatoms. The van der Waals surface area contributed by atoms with Crippen molar-refractivity contribution < 1.29 is 13.2 Å². The van der Waals surface area contributed by atoms with Crippen LogP contribution in [0.25, 0.3) is 0 Å². The van der Waals surface area contributed by atoms with E-state index in [0.717, 1.165) is 11.4 Å². The third kappa shape index (κ3) is 4.12. The molecule has 0 fully saturated rings. The van der Waals surface area contributed by atoms with Crippen LogP contribution in [0, 0.1) is 6.92 Å². The van der Waals surface area contributed by atoms with Crippen LogP contribution in [0.1, 0.15) is 5.56 Å². The molecule has 1 heterocycles. The highest BCUT2D eigenvalue weighted by molar-refractivity contribution is 7.92. The minimum absolute atomic E-state index is 0.187. The van der Waals surface area contributed by atoms with Gasteiger partial charge >= 0.3 is 0 Å². The van der Waals surface area contributed by atoms with Gasteiger partial charge in [0, 0.05) is 5.69 Å². The first-order valence-electron chi connectivity index (χ1n) is 7.93. The number of pyridine rings is 1. The van der Waals surface area contributed by atoms with Crippen LogP contribution in [-0.4, -0.2) is 20.5 Å². The first-order chi connectivity index (χ1) is 12.5. The maximum atomic E-state index is 12.6. The van der Waals surface area contributed by atoms with E-state index in [2.05, 4.69) is 15.0 Å². The minimum Gasteiger partial charge on any atom is -0.497 e. The van der Waals surface area contributed by atoms with Crippen molar-refractivity contribution in [3.8, 4) is 5.75 Å². The van der Waals surface area contributed by atoms with Gasteiger partial charge in [-0.2, -0.15) is 0 Å². The number of hydrogen-bond donors (Lipinski definition) is 2. The lowest BCUT2D eigenvalue weighted by Crippen LogP contribution is -2.15. The largest absolute Gasteiger partial charge is 0.497 e. The van der Waals surface area contributed by atoms with E-state index in [4.69, 9.17) is 4.74 Å². The van der Waals surface area contributed by atoms with Crippen molar-refractivity contribution in [3.05, 3.63) is 72.4 Å². The van der Waals surface area contributed by atoms with Gasteiger partial charge in [-0.25, -0.2) is 13.4 Å². The van der Waals surface area contributed by atoms with Gasteiger partial charge in [0.2, 0.25) is 0 Å². The summed E-state index contributed by atoms with van der Waals surface area (Å²) < 4.78 is 32.8. The number of ether oxygens (including phenoxy) is 1. The summed E-state index contributed by atoms with van der Waals surface area (Å²) in [5.41, 5.74) is 2.29. The number of para-hydroxylation sites is 1. The normalized spacial score (nSPS) is 11.0. The average Bonchev–Trinajstić information content (AvgIpc) is 2.63. The number of nitrogens with zero attached hydrogens (tertiary/aromatic N) is 1. The Balaban J connectivity index is 1.76. The summed E-state index contributed by atoms with van der Waals surface area (Å²) in [6, 6.07) is 17.8. The summed E-state index contributed by atoms with van der Waals surface area (Å²) in [5, 5.41) is 3.19. The molecule has 2 N–H and O–H groups in total. The van der Waals surface area contributed by atoms with E-state index in [0.29, 0.717) is 11.3 Å². The van der Waals surface area contributed by atoms with Crippen LogP contribution in [0.4, 0.5) is 17.2 Å². The second-order valence-electron chi connectivity index (χ2n) is 5.66. The molecule has 0 saturated heterocycles. The van der Waals surface area contributed by atoms with Crippen molar-refractivity contribution >= 4 is 27.2 Å². The van der Waals surface area contributed by atoms with Gasteiger partial charge in [0.15, 0.2) is 0 Å². The number of anilines is 3. The molecule has 1 aromatic heterocycles. The summed E-state index contributed by atoms with van der Waals surface area (Å²) >= 11 is 0. The van der Waals surface area contributed by atoms with Crippen LogP contribution >= 0.6 is 0 Å². The molecule has 134 valence electrons. The Morgan fingerprint density at radius 3 is 2.35 bits per heavy atom. The first-order valence-corrected chi connectivity index (χ1v) is 9.42. The Morgan fingerprint density at radius 1 is 0.962 bits per heavy atom. The van der Waals surface area contributed by atoms with Crippen LogP contribution < -0.4 is 14.8 Å². The van der Waals surface area contributed by atoms with E-state index in [1.807, 2.05) is 30.3 Å². The number of methoxy groups -OCH3 is 1. The average molecular weight is 369 g/mol. The lowest BCUT2D eigenvalue weighted by Gasteiger charge is -2.11. The Morgan fingerprint density at radius 2 is 1.73 bits per heavy atom. The molecule has 26 heavy (non-hydrogen) atoms. The predicted octanol–water partition coefficient (Wildman–Crippen LogP) is 3.94. The third-order valence-corrected chi connectivity index (χ3v) is 5.25. The van der Waals surface area contributed by atoms with Gasteiger partial charge in [0.05, 0.1) is 23.9 Å². The maximum Gasteiger partial charge on any atom is 0.263 e. The summed E-state index contributed by atoms with van der Waals surface area (Å²) in [7, 11) is -2.19. The monoisotopic (exact) mass is 369 g/mol. The van der Waals surface area contributed by atoms with E-state index in [1.54, 1.807) is 37.4 Å². The Labute approximate surface area is 152 Å². The Bertz CT molecular complexity index is 988. The highest BCUT2D eigenvalue weighted by Crippen LogP contribution is 2.23. The van der Waals surface area contributed by atoms with Crippen LogP contribution in [0.15, 0.2) is 71.8 Å². The summed E-state index contributed by atoms with van der Waals surface area (Å²) in [4.78, 5) is 4.36. The number of aryl methyl sites for hydroxylation is 1. The van der Waals surface area contributed by atoms with Crippen molar-refractivity contribution in [1.29, 1.82) is 0 Å².